The van der Waals surface area contributed by atoms with Crippen LogP contribution < -0.4 is 0 Å². The van der Waals surface area contributed by atoms with Crippen molar-refractivity contribution in [1.29, 1.82) is 0 Å². The molecule has 57 heavy (non-hydrogen) atoms. The molecule has 0 saturated heterocycles. The zero-order chi connectivity index (χ0) is 42.2. The Hall–Kier alpha value is -4.06. The van der Waals surface area contributed by atoms with E-state index in [4.69, 9.17) is 50.2 Å². The van der Waals surface area contributed by atoms with Crippen LogP contribution >= 0.6 is 33.9 Å². The molecule has 0 saturated carbocycles. The van der Waals surface area contributed by atoms with Crippen molar-refractivity contribution in [3.63, 3.8) is 0 Å². The lowest BCUT2D eigenvalue weighted by Gasteiger charge is -2.10. The average Bonchev–Trinajstić information content (AvgIpc) is 3.33. The van der Waals surface area contributed by atoms with Crippen LogP contribution in [0.5, 0.6) is 0 Å². The van der Waals surface area contributed by atoms with E-state index in [1.165, 1.54) is 12.1 Å². The number of benzene rings is 2. The molecule has 0 radical (unpaired) electrons. The van der Waals surface area contributed by atoms with Gasteiger partial charge in [-0.2, -0.15) is 8.42 Å². The summed E-state index contributed by atoms with van der Waals surface area (Å²) in [5.74, 6) is -4.14. The predicted octanol–water partition coefficient (Wildman–Crippen LogP) is 10.6. The minimum atomic E-state index is -4.19. The van der Waals surface area contributed by atoms with Crippen LogP contribution in [0.15, 0.2) is 60.7 Å². The van der Waals surface area contributed by atoms with Crippen LogP contribution in [-0.4, -0.2) is 46.3 Å². The van der Waals surface area contributed by atoms with Gasteiger partial charge in [-0.25, -0.2) is 17.6 Å². The van der Waals surface area contributed by atoms with Gasteiger partial charge in [0.05, 0.1) is 10.0 Å². The quantitative estimate of drug-likeness (QED) is 0.0870. The maximum absolute atomic E-state index is 13.3. The number of halogens is 7. The van der Waals surface area contributed by atoms with E-state index in [0.717, 1.165) is 61.3 Å². The van der Waals surface area contributed by atoms with Gasteiger partial charge in [-0.15, -0.1) is 12.6 Å². The third kappa shape index (κ3) is 17.5. The first-order valence-corrected chi connectivity index (χ1v) is 20.1. The Labute approximate surface area is 347 Å². The third-order valence-electron chi connectivity index (χ3n) is 7.47. The van der Waals surface area contributed by atoms with Crippen molar-refractivity contribution in [2.75, 3.05) is 0 Å². The molecule has 6 rings (SSSR count). The van der Waals surface area contributed by atoms with Crippen molar-refractivity contribution < 1.29 is 54.1 Å². The Balaban J connectivity index is 0.000000855. The Kier molecular flexibility index (Phi) is 22.6. The van der Waals surface area contributed by atoms with E-state index in [9.17, 15) is 27.2 Å². The summed E-state index contributed by atoms with van der Waals surface area (Å²) in [5.41, 5.74) is 3.53. The molecule has 4 aromatic rings. The van der Waals surface area contributed by atoms with Crippen LogP contribution in [0.1, 0.15) is 99.2 Å². The van der Waals surface area contributed by atoms with Gasteiger partial charge in [0.15, 0.2) is 34.8 Å². The highest BCUT2D eigenvalue weighted by Gasteiger charge is 2.22. The summed E-state index contributed by atoms with van der Waals surface area (Å²) in [7, 11) is -3.25. The van der Waals surface area contributed by atoms with Crippen molar-refractivity contribution in [2.45, 2.75) is 80.3 Å². The summed E-state index contributed by atoms with van der Waals surface area (Å²) >= 11 is 12.4. The van der Waals surface area contributed by atoms with Crippen LogP contribution in [0, 0.1) is 23.3 Å². The monoisotopic (exact) mass is 901 g/mol. The number of rotatable bonds is 6. The van der Waals surface area contributed by atoms with Crippen LogP contribution in [-0.2, 0) is 45.9 Å². The van der Waals surface area contributed by atoms with Crippen LogP contribution in [0.4, 0.5) is 17.6 Å². The molecular weight excluding hydrogens is 859 g/mol. The maximum atomic E-state index is 13.3. The molecule has 2 aromatic heterocycles. The van der Waals surface area contributed by atoms with Crippen molar-refractivity contribution in [1.82, 2.24) is 9.13 Å². The first-order chi connectivity index (χ1) is 26.3. The van der Waals surface area contributed by atoms with Gasteiger partial charge < -0.3 is 9.13 Å². The molecule has 0 aliphatic carbocycles. The zero-order valence-corrected chi connectivity index (χ0v) is 32.9. The van der Waals surface area contributed by atoms with Gasteiger partial charge in [0.2, 0.25) is 0 Å². The lowest BCUT2D eigenvalue weighted by molar-refractivity contribution is 0.0975. The molecule has 1 N–H and O–H groups in total. The van der Waals surface area contributed by atoms with E-state index >= 15 is 0 Å². The highest BCUT2D eigenvalue weighted by molar-refractivity contribution is 8.09. The van der Waals surface area contributed by atoms with Crippen LogP contribution in [0.3, 0.4) is 0 Å². The molecule has 0 bridgehead atoms. The smallest absolute Gasteiger partial charge is 0.337 e. The molecule has 2 aliphatic heterocycles. The number of hydrogen-bond acceptors (Lipinski definition) is 7. The topological polar surface area (TPSA) is 150 Å². The Bertz CT molecular complexity index is 2160. The summed E-state index contributed by atoms with van der Waals surface area (Å²) in [6, 6.07) is 10.5. The Morgan fingerprint density at radius 1 is 0.737 bits per heavy atom. The minimum Gasteiger partial charge on any atom is -0.337 e. The van der Waals surface area contributed by atoms with Gasteiger partial charge in [-0.3, -0.25) is 14.1 Å². The highest BCUT2D eigenvalue weighted by Crippen LogP contribution is 2.28. The van der Waals surface area contributed by atoms with E-state index < -0.39 is 43.2 Å². The van der Waals surface area contributed by atoms with E-state index in [1.807, 2.05) is 21.3 Å². The van der Waals surface area contributed by atoms with Crippen molar-refractivity contribution in [3.05, 3.63) is 128 Å². The molecule has 0 unspecified atom stereocenters. The number of aromatic nitrogens is 2. The highest BCUT2D eigenvalue weighted by atomic mass is 35.7. The molecule has 0 spiro atoms. The standard InChI is InChI=1S/2C17H14ClF2NO.C2H6.2CH4.ClHO3S.O3S/c2*18-13-10-12-4-2-1-3-7-21(12)17(13)16(22)9-11-5-6-14(19)15(20)8-11;1-2;;;1-5(2,3)4;1-4(2)3/h2*2,4-6,8,10H,1,3,7,9H2;1-2H3;2*1H4;(H,2,3,4);/i;;1D;;;;. The van der Waals surface area contributed by atoms with E-state index in [2.05, 4.69) is 22.8 Å². The Morgan fingerprint density at radius 3 is 1.35 bits per heavy atom. The third-order valence-corrected chi connectivity index (χ3v) is 8.05. The number of carbonyl (C=O) groups excluding carboxylic acids is 2. The zero-order valence-electron chi connectivity index (χ0n) is 30.0. The first-order valence-electron chi connectivity index (χ1n) is 16.8. The lowest BCUT2D eigenvalue weighted by Crippen LogP contribution is -2.13. The van der Waals surface area contributed by atoms with Crippen LogP contribution in [0.2, 0.25) is 10.0 Å². The number of carbonyl (C=O) groups is 2. The molecule has 2 aromatic carbocycles. The van der Waals surface area contributed by atoms with Crippen LogP contribution in [0.25, 0.3) is 12.2 Å². The van der Waals surface area contributed by atoms with Gasteiger partial charge >= 0.3 is 19.9 Å². The summed E-state index contributed by atoms with van der Waals surface area (Å²) < 4.78 is 113. The van der Waals surface area contributed by atoms with Gasteiger partial charge in [0.1, 0.15) is 11.4 Å². The number of hydrogen-bond donors (Lipinski definition) is 1. The lowest BCUT2D eigenvalue weighted by atomic mass is 10.1. The summed E-state index contributed by atoms with van der Waals surface area (Å²) in [6.45, 7) is 3.72. The van der Waals surface area contributed by atoms with Gasteiger partial charge in [-0.05, 0) is 85.4 Å². The fourth-order valence-corrected chi connectivity index (χ4v) is 6.01. The second-order valence-electron chi connectivity index (χ2n) is 11.2. The van der Waals surface area contributed by atoms with Gasteiger partial charge in [-0.1, -0.05) is 76.2 Å². The molecule has 10 nitrogen and oxygen atoms in total. The second kappa shape index (κ2) is 25.3. The van der Waals surface area contributed by atoms with Crippen molar-refractivity contribution in [2.24, 2.45) is 0 Å². The largest absolute Gasteiger partial charge is 0.425 e. The van der Waals surface area contributed by atoms with Gasteiger partial charge in [0, 0.05) is 49.4 Å². The van der Waals surface area contributed by atoms with E-state index in [1.54, 1.807) is 19.1 Å². The summed E-state index contributed by atoms with van der Waals surface area (Å²) in [6.07, 6.45) is 11.8. The molecule has 0 atom stereocenters. The molecule has 0 fully saturated rings. The molecule has 2 aliphatic rings. The number of fused-ring (bicyclic) bond motifs is 2. The minimum absolute atomic E-state index is 0. The van der Waals surface area contributed by atoms with Crippen molar-refractivity contribution in [3.8, 4) is 0 Å². The molecule has 0 amide bonds. The normalized spacial score (nSPS) is 12.4. The summed E-state index contributed by atoms with van der Waals surface area (Å²) in [4.78, 5) is 25.1. The number of Topliss-reactive ketones (excluding diaryl/α,β-unsaturated/α-hetero) is 2. The van der Waals surface area contributed by atoms with Gasteiger partial charge in [0.25, 0.3) is 0 Å². The number of ketones is 2. The van der Waals surface area contributed by atoms with E-state index in [0.29, 0.717) is 52.5 Å². The first kappa shape index (κ1) is 51.0. The predicted molar refractivity (Wildman–Crippen MR) is 216 cm³/mol. The number of allylic oxidation sites excluding steroid dienone is 2. The Morgan fingerprint density at radius 2 is 1.05 bits per heavy atom. The molecule has 4 heterocycles. The maximum Gasteiger partial charge on any atom is 0.425 e. The second-order valence-corrected chi connectivity index (χ2v) is 14.5. The van der Waals surface area contributed by atoms with Crippen molar-refractivity contribution >= 4 is 77.5 Å². The average molecular weight is 903 g/mol. The molecule has 314 valence electrons. The molecule has 19 heteroatoms. The molecular formula is C38H43Cl3F4N2O8S2. The summed E-state index contributed by atoms with van der Waals surface area (Å²) in [5, 5.41) is 0.795. The van der Waals surface area contributed by atoms with E-state index in [-0.39, 0.29) is 39.3 Å². The number of nitrogens with zero attached hydrogens (tertiary/aromatic N) is 2. The fraction of sp³-hybridized carbons (Fsp3) is 0.316. The fourth-order valence-electron chi connectivity index (χ4n) is 5.37. The SMILES string of the molecule is C.C.O=C(Cc1ccc(F)c(F)c1)c1c(Cl)cc2n1CCCC=C2.O=C(Cc1ccc(F)c(F)c1)c1c(Cl)cc2n1CCCC=C2.O=S(=O)(O)Cl.O=S(=O)=O.[2H]CC.